The fourth-order valence-corrected chi connectivity index (χ4v) is 6.31. The average molecular weight is 643 g/mol. The predicted molar refractivity (Wildman–Crippen MR) is 185 cm³/mol. The molecule has 47 heavy (non-hydrogen) atoms. The summed E-state index contributed by atoms with van der Waals surface area (Å²) in [4.78, 5) is 54.0. The minimum atomic E-state index is -0.875. The van der Waals surface area contributed by atoms with Crippen molar-refractivity contribution in [3.05, 3.63) is 83.9 Å². The van der Waals surface area contributed by atoms with Gasteiger partial charge in [-0.05, 0) is 66.5 Å². The largest absolute Gasteiger partial charge is 0.346 e. The van der Waals surface area contributed by atoms with E-state index in [2.05, 4.69) is 21.3 Å². The Bertz CT molecular complexity index is 1480. The van der Waals surface area contributed by atoms with Crippen LogP contribution in [0.1, 0.15) is 75.5 Å². The van der Waals surface area contributed by atoms with Crippen molar-refractivity contribution in [2.45, 2.75) is 88.9 Å². The monoisotopic (exact) mass is 642 g/mol. The summed E-state index contributed by atoms with van der Waals surface area (Å²) in [6.07, 6.45) is 5.69. The van der Waals surface area contributed by atoms with Crippen molar-refractivity contribution in [2.24, 2.45) is 17.4 Å². The molecule has 10 nitrogen and oxygen atoms in total. The molecule has 10 heteroatoms. The summed E-state index contributed by atoms with van der Waals surface area (Å²) in [5, 5.41) is 14.0. The van der Waals surface area contributed by atoms with Crippen molar-refractivity contribution in [3.63, 3.8) is 0 Å². The van der Waals surface area contributed by atoms with Gasteiger partial charge in [-0.15, -0.1) is 0 Å². The van der Waals surface area contributed by atoms with Crippen LogP contribution in [0.25, 0.3) is 10.8 Å². The minimum absolute atomic E-state index is 0.0870. The third-order valence-corrected chi connectivity index (χ3v) is 9.01. The second kappa shape index (κ2) is 18.2. The molecule has 0 saturated heterocycles. The summed E-state index contributed by atoms with van der Waals surface area (Å²) in [5.74, 6) is -1.51. The highest BCUT2D eigenvalue weighted by Crippen LogP contribution is 2.28. The molecule has 0 heterocycles. The number of hydrogen-bond donors (Lipinski definition) is 6. The molecule has 0 radical (unpaired) electrons. The molecular weight excluding hydrogens is 592 g/mol. The maximum atomic E-state index is 14.0. The number of carbonyl (C=O) groups excluding carboxylic acids is 4. The van der Waals surface area contributed by atoms with Gasteiger partial charge in [-0.3, -0.25) is 19.2 Å². The van der Waals surface area contributed by atoms with Crippen molar-refractivity contribution in [1.29, 1.82) is 0 Å². The van der Waals surface area contributed by atoms with Gasteiger partial charge in [0.25, 0.3) is 0 Å². The zero-order valence-corrected chi connectivity index (χ0v) is 27.4. The van der Waals surface area contributed by atoms with Crippen LogP contribution in [0.4, 0.5) is 0 Å². The van der Waals surface area contributed by atoms with Crippen molar-refractivity contribution in [1.82, 2.24) is 21.3 Å². The fraction of sp³-hybridized carbons (Fsp3) is 0.459. The van der Waals surface area contributed by atoms with E-state index in [-0.39, 0.29) is 37.1 Å². The van der Waals surface area contributed by atoms with Crippen LogP contribution in [0, 0.1) is 5.92 Å². The zero-order chi connectivity index (χ0) is 33.6. The maximum Gasteiger partial charge on any atom is 0.243 e. The number of unbranched alkanes of at least 4 members (excludes halogenated alkanes) is 1. The first kappa shape index (κ1) is 35.6. The Hall–Kier alpha value is -4.28. The lowest BCUT2D eigenvalue weighted by molar-refractivity contribution is -0.135. The van der Waals surface area contributed by atoms with E-state index in [1.54, 1.807) is 6.92 Å². The van der Waals surface area contributed by atoms with Gasteiger partial charge < -0.3 is 32.7 Å². The molecular formula is C37H50N6O4. The number of fused-ring (bicyclic) bond motifs is 1. The Morgan fingerprint density at radius 3 is 2.11 bits per heavy atom. The van der Waals surface area contributed by atoms with Crippen LogP contribution in [-0.4, -0.2) is 54.8 Å². The molecule has 0 aliphatic heterocycles. The third kappa shape index (κ3) is 10.4. The molecule has 1 fully saturated rings. The second-order valence-electron chi connectivity index (χ2n) is 12.4. The van der Waals surface area contributed by atoms with E-state index < -0.39 is 36.0 Å². The highest BCUT2D eigenvalue weighted by Gasteiger charge is 2.36. The van der Waals surface area contributed by atoms with Crippen LogP contribution in [0.15, 0.2) is 72.8 Å². The maximum absolute atomic E-state index is 14.0. The Morgan fingerprint density at radius 2 is 1.43 bits per heavy atom. The van der Waals surface area contributed by atoms with Gasteiger partial charge in [0, 0.05) is 19.4 Å². The van der Waals surface area contributed by atoms with Crippen LogP contribution in [-0.2, 0) is 25.6 Å². The van der Waals surface area contributed by atoms with Crippen LogP contribution >= 0.6 is 0 Å². The molecule has 1 aliphatic carbocycles. The highest BCUT2D eigenvalue weighted by atomic mass is 16.2. The van der Waals surface area contributed by atoms with Gasteiger partial charge in [0.05, 0.1) is 6.04 Å². The van der Waals surface area contributed by atoms with E-state index in [4.69, 9.17) is 11.5 Å². The van der Waals surface area contributed by atoms with Crippen molar-refractivity contribution >= 4 is 34.4 Å². The van der Waals surface area contributed by atoms with Gasteiger partial charge >= 0.3 is 0 Å². The first-order chi connectivity index (χ1) is 22.8. The van der Waals surface area contributed by atoms with Gasteiger partial charge in [0.2, 0.25) is 23.6 Å². The number of nitrogens with one attached hydrogen (secondary N) is 4. The average Bonchev–Trinajstić information content (AvgIpc) is 3.63. The lowest BCUT2D eigenvalue weighted by atomic mass is 9.95. The summed E-state index contributed by atoms with van der Waals surface area (Å²) in [5.41, 5.74) is 13.5. The standard InChI is InChI=1S/C37H50N6O4/c1-2-33(44)40-31(23-25-19-20-26-12-6-9-17-29(26)22-25)36(46)43-34(28-15-7-8-16-28)37(47)41-30(18-10-11-21-38)35(45)42-32(24-39)27-13-4-3-5-14-27/h3-6,9,12-14,17,19-20,22,28,30-32,34H,2,7-8,10-11,15-16,18,21,23-24,38-39H2,1H3,(H,40,44)(H,41,47)(H,42,45)(H,43,46)/t30-,31-,32-,34-/m0/s1. The molecule has 4 amide bonds. The van der Waals surface area contributed by atoms with Crippen molar-refractivity contribution < 1.29 is 19.2 Å². The number of hydrogen-bond acceptors (Lipinski definition) is 6. The number of nitrogens with two attached hydrogens (primary N) is 2. The molecule has 3 aromatic carbocycles. The number of benzene rings is 3. The summed E-state index contributed by atoms with van der Waals surface area (Å²) in [7, 11) is 0. The molecule has 0 spiro atoms. The van der Waals surface area contributed by atoms with Gasteiger partial charge in [-0.25, -0.2) is 0 Å². The van der Waals surface area contributed by atoms with E-state index >= 15 is 0 Å². The summed E-state index contributed by atoms with van der Waals surface area (Å²) in [6.45, 7) is 2.40. The molecule has 0 unspecified atom stereocenters. The van der Waals surface area contributed by atoms with E-state index in [9.17, 15) is 19.2 Å². The Morgan fingerprint density at radius 1 is 0.745 bits per heavy atom. The predicted octanol–water partition coefficient (Wildman–Crippen LogP) is 3.38. The number of carbonyl (C=O) groups is 4. The lowest BCUT2D eigenvalue weighted by Gasteiger charge is -2.29. The Kier molecular flexibility index (Phi) is 13.7. The van der Waals surface area contributed by atoms with Gasteiger partial charge in [-0.1, -0.05) is 92.6 Å². The third-order valence-electron chi connectivity index (χ3n) is 9.01. The molecule has 3 aromatic rings. The first-order valence-corrected chi connectivity index (χ1v) is 17.0. The topological polar surface area (TPSA) is 168 Å². The molecule has 0 bridgehead atoms. The lowest BCUT2D eigenvalue weighted by Crippen LogP contribution is -2.59. The number of amides is 4. The van der Waals surface area contributed by atoms with Crippen LogP contribution < -0.4 is 32.7 Å². The molecule has 4 rings (SSSR count). The van der Waals surface area contributed by atoms with Crippen LogP contribution in [0.5, 0.6) is 0 Å². The van der Waals surface area contributed by atoms with E-state index in [0.29, 0.717) is 25.8 Å². The van der Waals surface area contributed by atoms with Gasteiger partial charge in [0.15, 0.2) is 0 Å². The van der Waals surface area contributed by atoms with Crippen LogP contribution in [0.2, 0.25) is 0 Å². The van der Waals surface area contributed by atoms with Crippen molar-refractivity contribution in [2.75, 3.05) is 13.1 Å². The molecule has 8 N–H and O–H groups in total. The molecule has 0 aromatic heterocycles. The fourth-order valence-electron chi connectivity index (χ4n) is 6.31. The molecule has 4 atom stereocenters. The molecule has 1 saturated carbocycles. The SMILES string of the molecule is CCC(=O)N[C@@H](Cc1ccc2ccccc2c1)C(=O)N[C@H](C(=O)N[C@@H](CCCCN)C(=O)N[C@@H](CN)c1ccccc1)C1CCCC1. The number of rotatable bonds is 17. The van der Waals surface area contributed by atoms with Crippen molar-refractivity contribution in [3.8, 4) is 0 Å². The second-order valence-corrected chi connectivity index (χ2v) is 12.4. The van der Waals surface area contributed by atoms with Gasteiger partial charge in [0.1, 0.15) is 18.1 Å². The molecule has 252 valence electrons. The smallest absolute Gasteiger partial charge is 0.243 e. The van der Waals surface area contributed by atoms with E-state index in [1.807, 2.05) is 72.8 Å². The summed E-state index contributed by atoms with van der Waals surface area (Å²) < 4.78 is 0. The Balaban J connectivity index is 1.52. The van der Waals surface area contributed by atoms with E-state index in [1.165, 1.54) is 0 Å². The summed E-state index contributed by atoms with van der Waals surface area (Å²) >= 11 is 0. The zero-order valence-electron chi connectivity index (χ0n) is 27.4. The van der Waals surface area contributed by atoms with Gasteiger partial charge in [-0.2, -0.15) is 0 Å². The van der Waals surface area contributed by atoms with E-state index in [0.717, 1.165) is 47.6 Å². The first-order valence-electron chi connectivity index (χ1n) is 17.0. The molecule has 1 aliphatic rings. The highest BCUT2D eigenvalue weighted by molar-refractivity contribution is 5.94. The quantitative estimate of drug-likeness (QED) is 0.123. The summed E-state index contributed by atoms with van der Waals surface area (Å²) in [6, 6.07) is 20.4. The van der Waals surface area contributed by atoms with Crippen LogP contribution in [0.3, 0.4) is 0 Å². The Labute approximate surface area is 277 Å². The normalized spacial score (nSPS) is 15.7. The minimum Gasteiger partial charge on any atom is -0.346 e.